The van der Waals surface area contributed by atoms with Gasteiger partial charge in [0.2, 0.25) is 0 Å². The number of carbonyl (C=O) groups is 1. The van der Waals surface area contributed by atoms with Crippen LogP contribution in [0.5, 0.6) is 5.75 Å². The number of amides is 1. The normalized spacial score (nSPS) is 16.2. The summed E-state index contributed by atoms with van der Waals surface area (Å²) in [6.07, 6.45) is -0.378. The molecule has 0 bridgehead atoms. The van der Waals surface area contributed by atoms with Crippen molar-refractivity contribution in [3.05, 3.63) is 60.2 Å². The molecule has 1 saturated heterocycles. The number of nitrogens with two attached hydrogens (primary N) is 1. The van der Waals surface area contributed by atoms with Crippen LogP contribution in [0, 0.1) is 0 Å². The minimum Gasteiger partial charge on any atom is -0.506 e. The van der Waals surface area contributed by atoms with Crippen molar-refractivity contribution in [1.82, 2.24) is 4.90 Å². The molecule has 1 heterocycles. The van der Waals surface area contributed by atoms with Crippen LogP contribution in [-0.2, 0) is 4.74 Å². The number of primary amides is 1. The van der Waals surface area contributed by atoms with Crippen LogP contribution < -0.4 is 10.6 Å². The van der Waals surface area contributed by atoms with Gasteiger partial charge in [0, 0.05) is 39.1 Å². The number of hydrogen-bond acceptors (Lipinski definition) is 5. The highest BCUT2D eigenvalue weighted by atomic mass is 16.6. The monoisotopic (exact) mass is 355 g/mol. The lowest BCUT2D eigenvalue weighted by atomic mass is 10.1. The molecular weight excluding hydrogens is 330 g/mol. The van der Waals surface area contributed by atoms with Gasteiger partial charge in [-0.2, -0.15) is 0 Å². The van der Waals surface area contributed by atoms with Crippen molar-refractivity contribution in [3.63, 3.8) is 0 Å². The van der Waals surface area contributed by atoms with E-state index >= 15 is 0 Å². The van der Waals surface area contributed by atoms with Crippen molar-refractivity contribution in [2.45, 2.75) is 12.5 Å². The molecule has 1 amide bonds. The average molecular weight is 355 g/mol. The van der Waals surface area contributed by atoms with Gasteiger partial charge in [-0.3, -0.25) is 4.90 Å². The fraction of sp³-hybridized carbons (Fsp3) is 0.350. The molecule has 138 valence electrons. The largest absolute Gasteiger partial charge is 0.506 e. The Bertz CT molecular complexity index is 715. The minimum absolute atomic E-state index is 0.319. The molecule has 0 aromatic heterocycles. The van der Waals surface area contributed by atoms with E-state index in [4.69, 9.17) is 10.5 Å². The number of phenolic OH excluding ortho intramolecular Hbond substituents is 1. The molecule has 1 unspecified atom stereocenters. The summed E-state index contributed by atoms with van der Waals surface area (Å²) in [5.74, 6) is 0.319. The third kappa shape index (κ3) is 4.67. The van der Waals surface area contributed by atoms with E-state index in [1.807, 2.05) is 48.5 Å². The Balaban J connectivity index is 1.53. The molecule has 6 nitrogen and oxygen atoms in total. The standard InChI is InChI=1S/C20H25N3O3/c21-20(25)26-19(16-6-2-1-3-7-16)10-11-22-12-14-23(15-13-22)17-8-4-5-9-18(17)24/h1-9,19,24H,10-15H2,(H2,21,25). The first-order valence-electron chi connectivity index (χ1n) is 8.90. The summed E-state index contributed by atoms with van der Waals surface area (Å²) in [4.78, 5) is 15.8. The highest BCUT2D eigenvalue weighted by Crippen LogP contribution is 2.27. The van der Waals surface area contributed by atoms with Crippen molar-refractivity contribution < 1.29 is 14.6 Å². The summed E-state index contributed by atoms with van der Waals surface area (Å²) < 4.78 is 5.30. The summed E-state index contributed by atoms with van der Waals surface area (Å²) >= 11 is 0. The lowest BCUT2D eigenvalue weighted by Gasteiger charge is -2.36. The number of phenols is 1. The fourth-order valence-electron chi connectivity index (χ4n) is 3.35. The van der Waals surface area contributed by atoms with E-state index < -0.39 is 6.09 Å². The average Bonchev–Trinajstić information content (AvgIpc) is 2.66. The number of carbonyl (C=O) groups excluding carboxylic acids is 1. The van der Waals surface area contributed by atoms with Crippen molar-refractivity contribution in [2.75, 3.05) is 37.6 Å². The molecule has 0 spiro atoms. The van der Waals surface area contributed by atoms with Crippen LogP contribution in [0.1, 0.15) is 18.1 Å². The van der Waals surface area contributed by atoms with Crippen LogP contribution in [0.25, 0.3) is 0 Å². The molecule has 1 aliphatic rings. The number of para-hydroxylation sites is 2. The molecule has 1 atom stereocenters. The zero-order valence-electron chi connectivity index (χ0n) is 14.8. The first kappa shape index (κ1) is 18.1. The van der Waals surface area contributed by atoms with Crippen molar-refractivity contribution in [2.24, 2.45) is 5.73 Å². The van der Waals surface area contributed by atoms with Gasteiger partial charge in [0.15, 0.2) is 0 Å². The number of ether oxygens (including phenoxy) is 1. The van der Waals surface area contributed by atoms with E-state index in [-0.39, 0.29) is 6.10 Å². The molecule has 3 N–H and O–H groups in total. The van der Waals surface area contributed by atoms with Gasteiger partial charge in [-0.05, 0) is 17.7 Å². The first-order valence-corrected chi connectivity index (χ1v) is 8.90. The van der Waals surface area contributed by atoms with Crippen LogP contribution in [-0.4, -0.2) is 48.8 Å². The van der Waals surface area contributed by atoms with E-state index in [0.29, 0.717) is 12.2 Å². The zero-order chi connectivity index (χ0) is 18.4. The molecule has 0 radical (unpaired) electrons. The molecule has 0 aliphatic carbocycles. The number of hydrogen-bond donors (Lipinski definition) is 2. The van der Waals surface area contributed by atoms with E-state index in [1.165, 1.54) is 0 Å². The minimum atomic E-state index is -0.747. The topological polar surface area (TPSA) is 79.0 Å². The van der Waals surface area contributed by atoms with E-state index in [9.17, 15) is 9.90 Å². The van der Waals surface area contributed by atoms with Gasteiger partial charge in [0.1, 0.15) is 11.9 Å². The molecule has 1 fully saturated rings. The lowest BCUT2D eigenvalue weighted by Crippen LogP contribution is -2.46. The Morgan fingerprint density at radius 1 is 1.04 bits per heavy atom. The van der Waals surface area contributed by atoms with Gasteiger partial charge < -0.3 is 20.5 Å². The van der Waals surface area contributed by atoms with Crippen LogP contribution in [0.3, 0.4) is 0 Å². The lowest BCUT2D eigenvalue weighted by molar-refractivity contribution is 0.0910. The van der Waals surface area contributed by atoms with Gasteiger partial charge in [-0.1, -0.05) is 42.5 Å². The summed E-state index contributed by atoms with van der Waals surface area (Å²) in [5, 5.41) is 10.00. The number of anilines is 1. The second-order valence-electron chi connectivity index (χ2n) is 6.44. The Morgan fingerprint density at radius 3 is 2.35 bits per heavy atom. The van der Waals surface area contributed by atoms with Gasteiger partial charge in [-0.25, -0.2) is 4.79 Å². The second kappa shape index (κ2) is 8.58. The molecule has 2 aromatic carbocycles. The molecule has 1 aliphatic heterocycles. The van der Waals surface area contributed by atoms with Gasteiger partial charge in [-0.15, -0.1) is 0 Å². The zero-order valence-corrected chi connectivity index (χ0v) is 14.8. The van der Waals surface area contributed by atoms with E-state index in [1.54, 1.807) is 6.07 Å². The van der Waals surface area contributed by atoms with Gasteiger partial charge in [0.25, 0.3) is 0 Å². The Hall–Kier alpha value is -2.73. The molecule has 3 rings (SSSR count). The summed E-state index contributed by atoms with van der Waals surface area (Å²) in [6.45, 7) is 4.31. The Labute approximate surface area is 153 Å². The molecular formula is C20H25N3O3. The summed E-state index contributed by atoms with van der Waals surface area (Å²) in [6, 6.07) is 17.1. The smallest absolute Gasteiger partial charge is 0.405 e. The van der Waals surface area contributed by atoms with Crippen molar-refractivity contribution in [3.8, 4) is 5.75 Å². The number of aromatic hydroxyl groups is 1. The summed E-state index contributed by atoms with van der Waals surface area (Å²) in [7, 11) is 0. The fourth-order valence-corrected chi connectivity index (χ4v) is 3.35. The predicted octanol–water partition coefficient (Wildman–Crippen LogP) is 2.74. The maximum atomic E-state index is 11.2. The molecule has 6 heteroatoms. The van der Waals surface area contributed by atoms with Crippen LogP contribution >= 0.6 is 0 Å². The quantitative estimate of drug-likeness (QED) is 0.833. The van der Waals surface area contributed by atoms with Gasteiger partial charge in [0.05, 0.1) is 5.69 Å². The summed E-state index contributed by atoms with van der Waals surface area (Å²) in [5.41, 5.74) is 7.07. The third-order valence-corrected chi connectivity index (χ3v) is 4.73. The molecule has 2 aromatic rings. The second-order valence-corrected chi connectivity index (χ2v) is 6.44. The maximum absolute atomic E-state index is 11.2. The number of rotatable bonds is 6. The predicted molar refractivity (Wildman–Crippen MR) is 101 cm³/mol. The molecule has 0 saturated carbocycles. The number of piperazine rings is 1. The SMILES string of the molecule is NC(=O)OC(CCN1CCN(c2ccccc2O)CC1)c1ccccc1. The number of benzene rings is 2. The Morgan fingerprint density at radius 2 is 1.69 bits per heavy atom. The highest BCUT2D eigenvalue weighted by Gasteiger charge is 2.21. The van der Waals surface area contributed by atoms with Crippen molar-refractivity contribution in [1.29, 1.82) is 0 Å². The van der Waals surface area contributed by atoms with E-state index in [2.05, 4.69) is 9.80 Å². The maximum Gasteiger partial charge on any atom is 0.405 e. The van der Waals surface area contributed by atoms with Gasteiger partial charge >= 0.3 is 6.09 Å². The number of nitrogens with zero attached hydrogens (tertiary/aromatic N) is 2. The molecule has 26 heavy (non-hydrogen) atoms. The highest BCUT2D eigenvalue weighted by molar-refractivity contribution is 5.65. The van der Waals surface area contributed by atoms with E-state index in [0.717, 1.165) is 44.0 Å². The van der Waals surface area contributed by atoms with Crippen LogP contribution in [0.2, 0.25) is 0 Å². The first-order chi connectivity index (χ1) is 12.6. The van der Waals surface area contributed by atoms with Crippen LogP contribution in [0.15, 0.2) is 54.6 Å². The van der Waals surface area contributed by atoms with Crippen molar-refractivity contribution >= 4 is 11.8 Å². The Kier molecular flexibility index (Phi) is 5.96. The third-order valence-electron chi connectivity index (χ3n) is 4.73. The van der Waals surface area contributed by atoms with Crippen LogP contribution in [0.4, 0.5) is 10.5 Å².